The van der Waals surface area contributed by atoms with Crippen molar-refractivity contribution in [3.8, 4) is 6.07 Å². The van der Waals surface area contributed by atoms with Gasteiger partial charge in [-0.1, -0.05) is 6.07 Å². The van der Waals surface area contributed by atoms with Crippen molar-refractivity contribution in [3.63, 3.8) is 0 Å². The van der Waals surface area contributed by atoms with Gasteiger partial charge in [0.05, 0.1) is 11.6 Å². The zero-order chi connectivity index (χ0) is 10.7. The van der Waals surface area contributed by atoms with Crippen molar-refractivity contribution in [2.24, 2.45) is 0 Å². The summed E-state index contributed by atoms with van der Waals surface area (Å²) in [5, 5.41) is 12.2. The van der Waals surface area contributed by atoms with Crippen LogP contribution in [-0.2, 0) is 0 Å². The molecule has 15 heavy (non-hydrogen) atoms. The molecule has 0 radical (unpaired) electrons. The predicted molar refractivity (Wildman–Crippen MR) is 65.1 cm³/mol. The molecule has 0 spiro atoms. The van der Waals surface area contributed by atoms with Gasteiger partial charge in [0.15, 0.2) is 0 Å². The van der Waals surface area contributed by atoms with Gasteiger partial charge >= 0.3 is 0 Å². The summed E-state index contributed by atoms with van der Waals surface area (Å²) in [5.41, 5.74) is 1.77. The SMILES string of the molecule is CSC1(CNc2cccc(C#N)c2)CC1. The molecule has 0 atom stereocenters. The fourth-order valence-corrected chi connectivity index (χ4v) is 2.28. The second-order valence-electron chi connectivity index (χ2n) is 3.93. The summed E-state index contributed by atoms with van der Waals surface area (Å²) in [6.45, 7) is 1.00. The highest BCUT2D eigenvalue weighted by Gasteiger charge is 2.41. The second kappa shape index (κ2) is 4.16. The van der Waals surface area contributed by atoms with Crippen LogP contribution in [0.5, 0.6) is 0 Å². The molecule has 0 bridgehead atoms. The molecule has 0 aromatic heterocycles. The highest BCUT2D eigenvalue weighted by Crippen LogP contribution is 2.46. The van der Waals surface area contributed by atoms with Gasteiger partial charge < -0.3 is 5.32 Å². The zero-order valence-electron chi connectivity index (χ0n) is 8.79. The van der Waals surface area contributed by atoms with Crippen molar-refractivity contribution in [1.82, 2.24) is 0 Å². The van der Waals surface area contributed by atoms with Gasteiger partial charge in [0.25, 0.3) is 0 Å². The Morgan fingerprint density at radius 3 is 2.93 bits per heavy atom. The van der Waals surface area contributed by atoms with Crippen LogP contribution >= 0.6 is 11.8 Å². The molecule has 0 heterocycles. The van der Waals surface area contributed by atoms with Crippen molar-refractivity contribution in [2.45, 2.75) is 17.6 Å². The van der Waals surface area contributed by atoms with Gasteiger partial charge in [-0.15, -0.1) is 0 Å². The van der Waals surface area contributed by atoms with Gasteiger partial charge in [0.2, 0.25) is 0 Å². The molecule has 1 aliphatic rings. The first kappa shape index (κ1) is 10.4. The molecule has 1 fully saturated rings. The molecule has 2 nitrogen and oxygen atoms in total. The lowest BCUT2D eigenvalue weighted by atomic mass is 10.2. The summed E-state index contributed by atoms with van der Waals surface area (Å²) >= 11 is 1.94. The molecule has 1 aromatic carbocycles. The molecule has 78 valence electrons. The average Bonchev–Trinajstić information content (AvgIpc) is 3.07. The summed E-state index contributed by atoms with van der Waals surface area (Å²) in [5.74, 6) is 0. The van der Waals surface area contributed by atoms with Gasteiger partial charge in [-0.25, -0.2) is 0 Å². The van der Waals surface area contributed by atoms with Crippen LogP contribution in [-0.4, -0.2) is 17.5 Å². The maximum atomic E-state index is 8.77. The molecule has 0 amide bonds. The normalized spacial score (nSPS) is 16.8. The topological polar surface area (TPSA) is 35.8 Å². The van der Waals surface area contributed by atoms with E-state index in [1.54, 1.807) is 0 Å². The molecule has 0 aliphatic heterocycles. The molecule has 0 unspecified atom stereocenters. The van der Waals surface area contributed by atoms with Crippen molar-refractivity contribution in [2.75, 3.05) is 18.1 Å². The van der Waals surface area contributed by atoms with E-state index in [0.717, 1.165) is 12.2 Å². The van der Waals surface area contributed by atoms with Gasteiger partial charge in [-0.05, 0) is 37.3 Å². The number of anilines is 1. The Hall–Kier alpha value is -1.14. The molecule has 1 aromatic rings. The van der Waals surface area contributed by atoms with Crippen molar-refractivity contribution >= 4 is 17.4 Å². The largest absolute Gasteiger partial charge is 0.384 e. The number of hydrogen-bond acceptors (Lipinski definition) is 3. The van der Waals surface area contributed by atoms with E-state index in [1.165, 1.54) is 12.8 Å². The molecule has 1 N–H and O–H groups in total. The Kier molecular flexibility index (Phi) is 2.88. The monoisotopic (exact) mass is 218 g/mol. The van der Waals surface area contributed by atoms with Crippen LogP contribution in [0.3, 0.4) is 0 Å². The molecule has 0 saturated heterocycles. The molecule has 1 aliphatic carbocycles. The Morgan fingerprint density at radius 2 is 2.33 bits per heavy atom. The number of hydrogen-bond donors (Lipinski definition) is 1. The number of nitriles is 1. The summed E-state index contributed by atoms with van der Waals surface area (Å²) in [7, 11) is 0. The minimum absolute atomic E-state index is 0.461. The van der Waals surface area contributed by atoms with Crippen LogP contribution in [0.1, 0.15) is 18.4 Å². The molecular weight excluding hydrogens is 204 g/mol. The minimum atomic E-state index is 0.461. The molecular formula is C12H14N2S. The van der Waals surface area contributed by atoms with Crippen molar-refractivity contribution in [1.29, 1.82) is 5.26 Å². The van der Waals surface area contributed by atoms with Crippen LogP contribution in [0.25, 0.3) is 0 Å². The van der Waals surface area contributed by atoms with Crippen LogP contribution in [0.4, 0.5) is 5.69 Å². The lowest BCUT2D eigenvalue weighted by molar-refractivity contribution is 0.949. The molecule has 1 saturated carbocycles. The van der Waals surface area contributed by atoms with E-state index in [1.807, 2.05) is 36.0 Å². The number of benzene rings is 1. The van der Waals surface area contributed by atoms with Gasteiger partial charge in [-0.3, -0.25) is 0 Å². The first-order valence-electron chi connectivity index (χ1n) is 5.07. The number of thioether (sulfide) groups is 1. The van der Waals surface area contributed by atoms with E-state index >= 15 is 0 Å². The van der Waals surface area contributed by atoms with E-state index in [2.05, 4.69) is 17.6 Å². The molecule has 3 heteroatoms. The predicted octanol–water partition coefficient (Wildman–Crippen LogP) is 2.87. The van der Waals surface area contributed by atoms with E-state index in [0.29, 0.717) is 10.3 Å². The fraction of sp³-hybridized carbons (Fsp3) is 0.417. The average molecular weight is 218 g/mol. The Bertz CT molecular complexity index is 391. The quantitative estimate of drug-likeness (QED) is 0.844. The smallest absolute Gasteiger partial charge is 0.0992 e. The van der Waals surface area contributed by atoms with Gasteiger partial charge in [0, 0.05) is 17.0 Å². The van der Waals surface area contributed by atoms with Crippen LogP contribution in [0, 0.1) is 11.3 Å². The maximum Gasteiger partial charge on any atom is 0.0992 e. The third-order valence-corrected chi connectivity index (χ3v) is 4.27. The van der Waals surface area contributed by atoms with Crippen molar-refractivity contribution < 1.29 is 0 Å². The highest BCUT2D eigenvalue weighted by atomic mass is 32.2. The summed E-state index contributed by atoms with van der Waals surface area (Å²) in [6.07, 6.45) is 4.78. The Balaban J connectivity index is 1.96. The van der Waals surface area contributed by atoms with Gasteiger partial charge in [-0.2, -0.15) is 17.0 Å². The van der Waals surface area contributed by atoms with E-state index < -0.39 is 0 Å². The van der Waals surface area contributed by atoms with Crippen molar-refractivity contribution in [3.05, 3.63) is 29.8 Å². The Labute approximate surface area is 94.7 Å². The summed E-state index contributed by atoms with van der Waals surface area (Å²) in [4.78, 5) is 0. The third kappa shape index (κ3) is 2.45. The first-order chi connectivity index (χ1) is 7.28. The zero-order valence-corrected chi connectivity index (χ0v) is 9.60. The number of nitrogens with zero attached hydrogens (tertiary/aromatic N) is 1. The van der Waals surface area contributed by atoms with Gasteiger partial charge in [0.1, 0.15) is 0 Å². The highest BCUT2D eigenvalue weighted by molar-refractivity contribution is 8.00. The third-order valence-electron chi connectivity index (χ3n) is 2.85. The van der Waals surface area contributed by atoms with E-state index in [-0.39, 0.29) is 0 Å². The van der Waals surface area contributed by atoms with E-state index in [4.69, 9.17) is 5.26 Å². The number of nitrogens with one attached hydrogen (secondary N) is 1. The first-order valence-corrected chi connectivity index (χ1v) is 6.30. The fourth-order valence-electron chi connectivity index (χ4n) is 1.55. The summed E-state index contributed by atoms with van der Waals surface area (Å²) < 4.78 is 0.461. The number of rotatable bonds is 4. The van der Waals surface area contributed by atoms with Crippen LogP contribution < -0.4 is 5.32 Å². The maximum absolute atomic E-state index is 8.77. The lowest BCUT2D eigenvalue weighted by Crippen LogP contribution is -2.17. The molecule has 2 rings (SSSR count). The summed E-state index contributed by atoms with van der Waals surface area (Å²) in [6, 6.07) is 9.80. The lowest BCUT2D eigenvalue weighted by Gasteiger charge is -2.14. The van der Waals surface area contributed by atoms with Crippen LogP contribution in [0.15, 0.2) is 24.3 Å². The van der Waals surface area contributed by atoms with E-state index in [9.17, 15) is 0 Å². The van der Waals surface area contributed by atoms with Crippen LogP contribution in [0.2, 0.25) is 0 Å². The Morgan fingerprint density at radius 1 is 1.53 bits per heavy atom. The standard InChI is InChI=1S/C12H14N2S/c1-15-12(5-6-12)9-14-11-4-2-3-10(7-11)8-13/h2-4,7,14H,5-6,9H2,1H3. The second-order valence-corrected chi connectivity index (χ2v) is 5.21. The minimum Gasteiger partial charge on any atom is -0.384 e.